The van der Waals surface area contributed by atoms with E-state index in [2.05, 4.69) is 20.4 Å². The van der Waals surface area contributed by atoms with E-state index in [1.165, 1.54) is 0 Å². The second-order valence-electron chi connectivity index (χ2n) is 8.26. The molecule has 6 heteroatoms. The van der Waals surface area contributed by atoms with E-state index in [0.717, 1.165) is 31.8 Å². The molecule has 28 heavy (non-hydrogen) atoms. The average molecular weight is 397 g/mol. The van der Waals surface area contributed by atoms with E-state index in [0.29, 0.717) is 25.4 Å². The summed E-state index contributed by atoms with van der Waals surface area (Å²) in [4.78, 5) is 36.6. The standard InChI is InChI=1S/C22H36O6/c1-6-19(23)28-22(21(25)26-15-9-7-8-10-16(2)3)13-11-18(12-14-22)20(24)27-17(4)5/h6,16-18H,1,7-15H2,2-5H3. The molecule has 0 aromatic rings. The van der Waals surface area contributed by atoms with Gasteiger partial charge in [0.2, 0.25) is 5.60 Å². The van der Waals surface area contributed by atoms with E-state index in [1.807, 2.05) is 0 Å². The van der Waals surface area contributed by atoms with Gasteiger partial charge in [-0.2, -0.15) is 0 Å². The van der Waals surface area contributed by atoms with Gasteiger partial charge in [0.15, 0.2) is 0 Å². The zero-order valence-corrected chi connectivity index (χ0v) is 17.8. The van der Waals surface area contributed by atoms with Crippen molar-refractivity contribution in [2.24, 2.45) is 11.8 Å². The van der Waals surface area contributed by atoms with Crippen molar-refractivity contribution >= 4 is 17.9 Å². The molecule has 6 nitrogen and oxygen atoms in total. The Morgan fingerprint density at radius 3 is 2.25 bits per heavy atom. The minimum Gasteiger partial charge on any atom is -0.463 e. The number of rotatable bonds is 11. The van der Waals surface area contributed by atoms with E-state index in [1.54, 1.807) is 13.8 Å². The molecule has 0 saturated heterocycles. The highest BCUT2D eigenvalue weighted by molar-refractivity contribution is 5.88. The van der Waals surface area contributed by atoms with Crippen molar-refractivity contribution in [1.29, 1.82) is 0 Å². The minimum absolute atomic E-state index is 0.182. The zero-order valence-electron chi connectivity index (χ0n) is 17.8. The summed E-state index contributed by atoms with van der Waals surface area (Å²) < 4.78 is 16.1. The van der Waals surface area contributed by atoms with E-state index in [-0.39, 0.29) is 30.8 Å². The third-order valence-electron chi connectivity index (χ3n) is 4.97. The summed E-state index contributed by atoms with van der Waals surface area (Å²) >= 11 is 0. The topological polar surface area (TPSA) is 78.9 Å². The molecule has 0 spiro atoms. The summed E-state index contributed by atoms with van der Waals surface area (Å²) in [5.41, 5.74) is -1.34. The fourth-order valence-corrected chi connectivity index (χ4v) is 3.36. The van der Waals surface area contributed by atoms with Gasteiger partial charge in [-0.15, -0.1) is 0 Å². The predicted molar refractivity (Wildman–Crippen MR) is 106 cm³/mol. The number of ether oxygens (including phenoxy) is 3. The van der Waals surface area contributed by atoms with Gasteiger partial charge in [0, 0.05) is 6.08 Å². The third kappa shape index (κ3) is 8.03. The molecule has 0 bridgehead atoms. The summed E-state index contributed by atoms with van der Waals surface area (Å²) in [7, 11) is 0. The molecule has 1 saturated carbocycles. The second kappa shape index (κ2) is 11.9. The van der Waals surface area contributed by atoms with Crippen LogP contribution in [0, 0.1) is 11.8 Å². The van der Waals surface area contributed by atoms with E-state index >= 15 is 0 Å². The molecule has 0 heterocycles. The Hall–Kier alpha value is -1.85. The zero-order chi connectivity index (χ0) is 21.2. The molecule has 0 aliphatic heterocycles. The van der Waals surface area contributed by atoms with Crippen LogP contribution in [0.3, 0.4) is 0 Å². The maximum atomic E-state index is 12.7. The lowest BCUT2D eigenvalue weighted by atomic mass is 9.78. The summed E-state index contributed by atoms with van der Waals surface area (Å²) in [5, 5.41) is 0. The first-order valence-corrected chi connectivity index (χ1v) is 10.4. The molecule has 1 aliphatic rings. The molecule has 160 valence electrons. The lowest BCUT2D eigenvalue weighted by molar-refractivity contribution is -0.186. The molecule has 0 N–H and O–H groups in total. The Labute approximate surface area is 169 Å². The SMILES string of the molecule is C=CC(=O)OC1(C(=O)OCCCCCC(C)C)CCC(C(=O)OC(C)C)CC1. The Bertz CT molecular complexity index is 529. The number of hydrogen-bond donors (Lipinski definition) is 0. The van der Waals surface area contributed by atoms with Gasteiger partial charge in [-0.3, -0.25) is 4.79 Å². The largest absolute Gasteiger partial charge is 0.463 e. The van der Waals surface area contributed by atoms with Gasteiger partial charge in [-0.05, 0) is 51.9 Å². The van der Waals surface area contributed by atoms with Crippen molar-refractivity contribution in [2.45, 2.75) is 90.8 Å². The third-order valence-corrected chi connectivity index (χ3v) is 4.97. The van der Waals surface area contributed by atoms with Gasteiger partial charge in [-0.1, -0.05) is 39.7 Å². The predicted octanol–water partition coefficient (Wildman–Crippen LogP) is 4.36. The fourth-order valence-electron chi connectivity index (χ4n) is 3.36. The molecule has 1 aliphatic carbocycles. The Balaban J connectivity index is 2.60. The van der Waals surface area contributed by atoms with Crippen molar-refractivity contribution in [3.05, 3.63) is 12.7 Å². The molecular formula is C22H36O6. The van der Waals surface area contributed by atoms with Crippen LogP contribution in [0.4, 0.5) is 0 Å². The molecule has 1 fully saturated rings. The van der Waals surface area contributed by atoms with Crippen LogP contribution in [0.15, 0.2) is 12.7 Å². The maximum Gasteiger partial charge on any atom is 0.350 e. The van der Waals surface area contributed by atoms with Crippen LogP contribution in [0.1, 0.15) is 79.1 Å². The summed E-state index contributed by atoms with van der Waals surface area (Å²) in [5.74, 6) is -1.07. The first kappa shape index (κ1) is 24.2. The lowest BCUT2D eigenvalue weighted by Gasteiger charge is -2.36. The first-order chi connectivity index (χ1) is 13.2. The quantitative estimate of drug-likeness (QED) is 0.223. The number of carbonyl (C=O) groups excluding carboxylic acids is 3. The molecule has 1 rings (SSSR count). The van der Waals surface area contributed by atoms with Crippen LogP contribution >= 0.6 is 0 Å². The van der Waals surface area contributed by atoms with E-state index in [9.17, 15) is 14.4 Å². The van der Waals surface area contributed by atoms with Crippen LogP contribution in [-0.2, 0) is 28.6 Å². The van der Waals surface area contributed by atoms with Crippen LogP contribution in [0.5, 0.6) is 0 Å². The van der Waals surface area contributed by atoms with Crippen LogP contribution < -0.4 is 0 Å². The Morgan fingerprint density at radius 2 is 1.71 bits per heavy atom. The van der Waals surface area contributed by atoms with Crippen molar-refractivity contribution in [3.63, 3.8) is 0 Å². The summed E-state index contributed by atoms with van der Waals surface area (Å²) in [6, 6.07) is 0. The normalized spacial score (nSPS) is 22.0. The molecule has 0 aromatic heterocycles. The van der Waals surface area contributed by atoms with Crippen LogP contribution in [0.25, 0.3) is 0 Å². The van der Waals surface area contributed by atoms with Gasteiger partial charge in [0.1, 0.15) is 0 Å². The summed E-state index contributed by atoms with van der Waals surface area (Å²) in [6.07, 6.45) is 6.22. The van der Waals surface area contributed by atoms with Gasteiger partial charge < -0.3 is 14.2 Å². The smallest absolute Gasteiger partial charge is 0.350 e. The molecular weight excluding hydrogens is 360 g/mol. The molecule has 0 radical (unpaired) electrons. The minimum atomic E-state index is -1.34. The van der Waals surface area contributed by atoms with Crippen LogP contribution in [0.2, 0.25) is 0 Å². The van der Waals surface area contributed by atoms with Gasteiger partial charge in [-0.25, -0.2) is 9.59 Å². The number of hydrogen-bond acceptors (Lipinski definition) is 6. The first-order valence-electron chi connectivity index (χ1n) is 10.4. The van der Waals surface area contributed by atoms with Crippen molar-refractivity contribution in [2.75, 3.05) is 6.61 Å². The van der Waals surface area contributed by atoms with Crippen molar-refractivity contribution in [3.8, 4) is 0 Å². The number of carbonyl (C=O) groups is 3. The second-order valence-corrected chi connectivity index (χ2v) is 8.26. The highest BCUT2D eigenvalue weighted by Crippen LogP contribution is 2.37. The van der Waals surface area contributed by atoms with E-state index in [4.69, 9.17) is 14.2 Å². The van der Waals surface area contributed by atoms with Crippen LogP contribution in [-0.4, -0.2) is 36.2 Å². The number of esters is 3. The molecule has 0 aromatic carbocycles. The maximum absolute atomic E-state index is 12.7. The fraction of sp³-hybridized carbons (Fsp3) is 0.773. The summed E-state index contributed by atoms with van der Waals surface area (Å²) in [6.45, 7) is 11.7. The molecule has 0 atom stereocenters. The lowest BCUT2D eigenvalue weighted by Crippen LogP contribution is -2.48. The number of unbranched alkanes of at least 4 members (excludes halogenated alkanes) is 2. The Kier molecular flexibility index (Phi) is 10.3. The highest BCUT2D eigenvalue weighted by Gasteiger charge is 2.48. The van der Waals surface area contributed by atoms with Crippen molar-refractivity contribution < 1.29 is 28.6 Å². The van der Waals surface area contributed by atoms with Gasteiger partial charge >= 0.3 is 17.9 Å². The Morgan fingerprint density at radius 1 is 1.07 bits per heavy atom. The van der Waals surface area contributed by atoms with Gasteiger partial charge in [0.25, 0.3) is 0 Å². The molecule has 0 amide bonds. The van der Waals surface area contributed by atoms with E-state index < -0.39 is 17.5 Å². The van der Waals surface area contributed by atoms with Gasteiger partial charge in [0.05, 0.1) is 18.6 Å². The van der Waals surface area contributed by atoms with Crippen molar-refractivity contribution in [1.82, 2.24) is 0 Å². The highest BCUT2D eigenvalue weighted by atomic mass is 16.6. The molecule has 0 unspecified atom stereocenters. The average Bonchev–Trinajstić information content (AvgIpc) is 2.63. The monoisotopic (exact) mass is 396 g/mol.